The molecule has 0 aromatic rings. The largest absolute Gasteiger partial charge is 0.462 e. The van der Waals surface area contributed by atoms with E-state index in [9.17, 15) is 60.7 Å². The molecule has 0 radical (unpaired) electrons. The van der Waals surface area contributed by atoms with E-state index in [-0.39, 0.29) is 57.7 Å². The molecular weight excluding hydrogens is 863 g/mol. The molecule has 15 N–H and O–H groups in total. The second kappa shape index (κ2) is 29.4. The van der Waals surface area contributed by atoms with E-state index in [1.54, 1.807) is 61.6 Å². The molecule has 0 aliphatic carbocycles. The number of aliphatic hydroxyl groups is 10. The number of nitrogens with two attached hydrogens (primary N) is 2. The van der Waals surface area contributed by atoms with Gasteiger partial charge in [0.1, 0.15) is 12.2 Å². The highest BCUT2D eigenvalue weighted by Crippen LogP contribution is 2.38. The zero-order chi connectivity index (χ0) is 48.8. The van der Waals surface area contributed by atoms with E-state index in [0.29, 0.717) is 0 Å². The first-order valence-corrected chi connectivity index (χ1v) is 22.7. The summed E-state index contributed by atoms with van der Waals surface area (Å²) in [4.78, 5) is 25.9. The molecule has 7 unspecified atom stereocenters. The van der Waals surface area contributed by atoms with Crippen LogP contribution in [-0.2, 0) is 28.5 Å². The number of amides is 1. The van der Waals surface area contributed by atoms with Crippen molar-refractivity contribution in [3.8, 4) is 0 Å². The molecule has 0 aromatic heterocycles. The summed E-state index contributed by atoms with van der Waals surface area (Å²) < 4.78 is 23.2. The third kappa shape index (κ3) is 20.4. The van der Waals surface area contributed by atoms with E-state index in [1.165, 1.54) is 0 Å². The van der Waals surface area contributed by atoms with Gasteiger partial charge in [-0.25, -0.2) is 0 Å². The van der Waals surface area contributed by atoms with Crippen molar-refractivity contribution in [1.82, 2.24) is 5.32 Å². The molecule has 3 rings (SSSR count). The fraction of sp³-hybridized carbons (Fsp3) is 0.660. The van der Waals surface area contributed by atoms with Gasteiger partial charge in [-0.3, -0.25) is 9.59 Å². The Morgan fingerprint density at radius 1 is 0.727 bits per heavy atom. The fourth-order valence-electron chi connectivity index (χ4n) is 7.82. The second-order valence-corrected chi connectivity index (χ2v) is 17.4. The number of cyclic esters (lactones) is 1. The maximum Gasteiger partial charge on any atom is 0.308 e. The lowest BCUT2D eigenvalue weighted by Gasteiger charge is -2.45. The Morgan fingerprint density at radius 2 is 1.33 bits per heavy atom. The van der Waals surface area contributed by atoms with Crippen LogP contribution in [0.25, 0.3) is 0 Å². The summed E-state index contributed by atoms with van der Waals surface area (Å²) in [6.45, 7) is 3.36. The maximum absolute atomic E-state index is 13.4. The third-order valence-corrected chi connectivity index (χ3v) is 11.5. The Bertz CT molecular complexity index is 1660. The van der Waals surface area contributed by atoms with Gasteiger partial charge < -0.3 is 86.8 Å². The quantitative estimate of drug-likeness (QED) is 0.148. The fourth-order valence-corrected chi connectivity index (χ4v) is 7.82. The second-order valence-electron chi connectivity index (χ2n) is 17.4. The number of hydrogen-bond donors (Lipinski definition) is 13. The van der Waals surface area contributed by atoms with Crippen LogP contribution in [0.4, 0.5) is 0 Å². The number of hydrogen-bond acceptors (Lipinski definition) is 18. The smallest absolute Gasteiger partial charge is 0.308 e. The predicted molar refractivity (Wildman–Crippen MR) is 242 cm³/mol. The van der Waals surface area contributed by atoms with Gasteiger partial charge >= 0.3 is 5.97 Å². The van der Waals surface area contributed by atoms with Gasteiger partial charge in [-0.05, 0) is 26.2 Å². The summed E-state index contributed by atoms with van der Waals surface area (Å²) in [7, 11) is 0. The normalized spacial score (nSPS) is 42.7. The van der Waals surface area contributed by atoms with Crippen LogP contribution in [0.3, 0.4) is 0 Å². The number of carbonyl (C=O) groups is 2. The monoisotopic (exact) mass is 938 g/mol. The number of aliphatic hydroxyl groups excluding tert-OH is 9. The number of allylic oxidation sites excluding steroid dienone is 12. The molecule has 66 heavy (non-hydrogen) atoms. The Kier molecular flexibility index (Phi) is 25.3. The van der Waals surface area contributed by atoms with Crippen molar-refractivity contribution in [3.05, 3.63) is 85.1 Å². The summed E-state index contributed by atoms with van der Waals surface area (Å²) >= 11 is 0. The van der Waals surface area contributed by atoms with Gasteiger partial charge in [0.15, 0.2) is 12.1 Å². The molecule has 3 heterocycles. The molecule has 2 fully saturated rings. The molecule has 17 atom stereocenters. The van der Waals surface area contributed by atoms with Gasteiger partial charge in [-0.2, -0.15) is 0 Å². The van der Waals surface area contributed by atoms with Crippen LogP contribution in [-0.4, -0.2) is 174 Å². The van der Waals surface area contributed by atoms with E-state index >= 15 is 0 Å². The molecule has 1 amide bonds. The minimum absolute atomic E-state index is 0.0655. The molecule has 374 valence electrons. The van der Waals surface area contributed by atoms with Gasteiger partial charge in [0.25, 0.3) is 0 Å². The van der Waals surface area contributed by atoms with Crippen molar-refractivity contribution in [2.24, 2.45) is 23.3 Å². The van der Waals surface area contributed by atoms with Crippen LogP contribution in [0.2, 0.25) is 0 Å². The lowest BCUT2D eigenvalue weighted by molar-refractivity contribution is -0.304. The number of carbonyl (C=O) groups excluding carboxylic acids is 2. The average molecular weight is 938 g/mol. The molecule has 0 spiro atoms. The number of nitrogens with one attached hydrogen (secondary N) is 1. The highest BCUT2D eigenvalue weighted by atomic mass is 16.7. The van der Waals surface area contributed by atoms with Crippen LogP contribution in [0, 0.1) is 11.8 Å². The predicted octanol–water partition coefficient (Wildman–Crippen LogP) is -0.932. The first kappa shape index (κ1) is 56.8. The zero-order valence-corrected chi connectivity index (χ0v) is 37.9. The Hall–Kier alpha value is -3.48. The zero-order valence-electron chi connectivity index (χ0n) is 37.9. The van der Waals surface area contributed by atoms with Crippen LogP contribution in [0.15, 0.2) is 85.1 Å². The summed E-state index contributed by atoms with van der Waals surface area (Å²) in [5.41, 5.74) is 11.6. The van der Waals surface area contributed by atoms with Crippen LogP contribution in [0.5, 0.6) is 0 Å². The van der Waals surface area contributed by atoms with E-state index in [4.69, 9.17) is 30.4 Å². The van der Waals surface area contributed by atoms with Gasteiger partial charge in [-0.15, -0.1) is 0 Å². The highest BCUT2D eigenvalue weighted by Gasteiger charge is 2.50. The Labute approximate surface area is 387 Å². The van der Waals surface area contributed by atoms with Crippen molar-refractivity contribution >= 4 is 11.9 Å². The Balaban J connectivity index is 1.88. The number of rotatable bonds is 5. The number of ether oxygens (including phenoxy) is 4. The van der Waals surface area contributed by atoms with E-state index in [0.717, 1.165) is 0 Å². The summed E-state index contributed by atoms with van der Waals surface area (Å²) in [6.07, 6.45) is 5.78. The van der Waals surface area contributed by atoms with Crippen molar-refractivity contribution in [2.75, 3.05) is 19.7 Å². The first-order valence-electron chi connectivity index (χ1n) is 22.7. The number of esters is 1. The summed E-state index contributed by atoms with van der Waals surface area (Å²) in [5, 5.41) is 111. The average Bonchev–Trinajstić information content (AvgIpc) is 3.23. The molecule has 0 aromatic carbocycles. The lowest BCUT2D eigenvalue weighted by atomic mass is 9.82. The molecule has 0 saturated carbocycles. The maximum atomic E-state index is 13.4. The SMILES string of the molecule is C[C@H]1C[C@H](O)[C@@H](C)/C=C/C=C/C=C/C=C/C=C/C=C/C=C/C(O[C@@H]2OC[C@@H](O)[C@H](N)[C@H]2O)C[C@@H]2OC(O)(CC(O)CC(O)C(O)CCC(O)CC(O)CC(=O)O1)C[C@H](O)[C@H]2C(=O)NCCN. The van der Waals surface area contributed by atoms with Gasteiger partial charge in [0, 0.05) is 51.1 Å². The lowest BCUT2D eigenvalue weighted by Crippen LogP contribution is -2.59. The molecule has 2 bridgehead atoms. The number of fused-ring (bicyclic) bond motifs is 2. The Morgan fingerprint density at radius 3 is 1.95 bits per heavy atom. The van der Waals surface area contributed by atoms with Gasteiger partial charge in [0.2, 0.25) is 5.91 Å². The molecule has 3 aliphatic rings. The third-order valence-electron chi connectivity index (χ3n) is 11.5. The van der Waals surface area contributed by atoms with Crippen molar-refractivity contribution in [1.29, 1.82) is 0 Å². The van der Waals surface area contributed by atoms with Gasteiger partial charge in [0.05, 0.1) is 86.0 Å². The van der Waals surface area contributed by atoms with Crippen LogP contribution >= 0.6 is 0 Å². The highest BCUT2D eigenvalue weighted by molar-refractivity contribution is 5.80. The van der Waals surface area contributed by atoms with E-state index in [1.807, 2.05) is 37.3 Å². The summed E-state index contributed by atoms with van der Waals surface area (Å²) in [5.74, 6) is -5.16. The van der Waals surface area contributed by atoms with Crippen LogP contribution < -0.4 is 16.8 Å². The molecule has 2 saturated heterocycles. The van der Waals surface area contributed by atoms with Gasteiger partial charge in [-0.1, -0.05) is 92.0 Å². The minimum Gasteiger partial charge on any atom is -0.462 e. The molecule has 19 nitrogen and oxygen atoms in total. The standard InChI is InChI=1S/C47H75N3O16/c1-29-15-13-11-9-7-5-3-4-6-8-10-12-14-16-34(65-46-44(60)43(49)39(58)28-63-46)25-40-42(45(61)50-20-19-48)38(57)27-47(62,66-40)26-33(53)23-37(56)35(54)18-17-31(51)22-32(52)24-41(59)64-30(2)21-36(29)55/h3-16,29-40,42-44,46,51-58,60,62H,17-28,48-49H2,1-2H3,(H,50,61)/b4-3+,7-5+,8-6+,11-9+,12-10+,15-13+,16-14+/t29-,30-,31?,32?,33?,34?,35?,36-,37?,38-,39+,40-,42+,43-,44+,46-,47?/m0/s1. The minimum atomic E-state index is -2.26. The van der Waals surface area contributed by atoms with E-state index < -0.39 is 135 Å². The first-order chi connectivity index (χ1) is 31.3. The molecule has 19 heteroatoms. The molecule has 3 aliphatic heterocycles. The summed E-state index contributed by atoms with van der Waals surface area (Å²) in [6, 6.07) is -1.11. The van der Waals surface area contributed by atoms with E-state index in [2.05, 4.69) is 5.32 Å². The van der Waals surface area contributed by atoms with Crippen molar-refractivity contribution in [2.45, 2.75) is 163 Å². The van der Waals surface area contributed by atoms with Crippen molar-refractivity contribution < 1.29 is 79.6 Å². The molecular formula is C47H75N3O16. The topological polar surface area (TPSA) is 337 Å². The van der Waals surface area contributed by atoms with Crippen LogP contribution in [0.1, 0.15) is 71.6 Å². The van der Waals surface area contributed by atoms with Crippen molar-refractivity contribution in [3.63, 3.8) is 0 Å².